The van der Waals surface area contributed by atoms with Gasteiger partial charge in [0.15, 0.2) is 10.1 Å². The van der Waals surface area contributed by atoms with Crippen molar-refractivity contribution >= 4 is 27.7 Å². The molecule has 0 N–H and O–H groups in total. The van der Waals surface area contributed by atoms with Crippen molar-refractivity contribution in [2.75, 3.05) is 6.61 Å². The van der Waals surface area contributed by atoms with Crippen molar-refractivity contribution in [1.29, 1.82) is 0 Å². The van der Waals surface area contributed by atoms with Gasteiger partial charge in [-0.25, -0.2) is 0 Å². The molecule has 0 aliphatic heterocycles. The molecule has 1 rings (SSSR count). The van der Waals surface area contributed by atoms with Gasteiger partial charge >= 0.3 is 5.97 Å². The largest absolute Gasteiger partial charge is 0.464 e. The van der Waals surface area contributed by atoms with E-state index in [-0.39, 0.29) is 11.7 Å². The number of ether oxygens (including phenoxy) is 1. The van der Waals surface area contributed by atoms with Crippen molar-refractivity contribution in [1.82, 2.24) is 0 Å². The highest BCUT2D eigenvalue weighted by molar-refractivity contribution is 9.10. The lowest BCUT2D eigenvalue weighted by atomic mass is 9.89. The zero-order chi connectivity index (χ0) is 15.2. The Balaban J connectivity index is 3.04. The molecule has 0 bridgehead atoms. The molecule has 0 spiro atoms. The summed E-state index contributed by atoms with van der Waals surface area (Å²) in [5.41, 5.74) is 0.512. The number of hydrogen-bond donors (Lipinski definition) is 0. The van der Waals surface area contributed by atoms with E-state index in [2.05, 4.69) is 15.9 Å². The van der Waals surface area contributed by atoms with Crippen molar-refractivity contribution in [3.8, 4) is 0 Å². The van der Waals surface area contributed by atoms with E-state index in [0.717, 1.165) is 6.42 Å². The third kappa shape index (κ3) is 4.17. The predicted molar refractivity (Wildman–Crippen MR) is 83.1 cm³/mol. The summed E-state index contributed by atoms with van der Waals surface area (Å²) in [6.45, 7) is 6.19. The van der Waals surface area contributed by atoms with Crippen LogP contribution in [0.4, 0.5) is 0 Å². The van der Waals surface area contributed by atoms with Crippen LogP contribution in [0.3, 0.4) is 0 Å². The number of rotatable bonds is 7. The molecule has 1 unspecified atom stereocenters. The van der Waals surface area contributed by atoms with Crippen molar-refractivity contribution in [2.45, 2.75) is 37.9 Å². The Kier molecular flexibility index (Phi) is 6.40. The molecule has 1 atom stereocenters. The Morgan fingerprint density at radius 3 is 2.35 bits per heavy atom. The highest BCUT2D eigenvalue weighted by Crippen LogP contribution is 2.32. The Bertz CT molecular complexity index is 456. The van der Waals surface area contributed by atoms with E-state index in [1.807, 2.05) is 26.8 Å². The van der Waals surface area contributed by atoms with Crippen LogP contribution in [0, 0.1) is 5.92 Å². The number of halogens is 1. The van der Waals surface area contributed by atoms with E-state index in [9.17, 15) is 9.59 Å². The maximum absolute atomic E-state index is 12.7. The number of hydrogen-bond acceptors (Lipinski definition) is 3. The molecule has 0 radical (unpaired) electrons. The molecule has 0 heterocycles. The highest BCUT2D eigenvalue weighted by atomic mass is 79.9. The quantitative estimate of drug-likeness (QED) is 0.326. The van der Waals surface area contributed by atoms with Crippen LogP contribution < -0.4 is 0 Å². The summed E-state index contributed by atoms with van der Waals surface area (Å²) in [5, 5.41) is 0. The van der Waals surface area contributed by atoms with Gasteiger partial charge in [0, 0.05) is 5.56 Å². The van der Waals surface area contributed by atoms with Gasteiger partial charge in [-0.15, -0.1) is 0 Å². The van der Waals surface area contributed by atoms with Gasteiger partial charge in [-0.1, -0.05) is 67.0 Å². The number of alkyl halides is 1. The van der Waals surface area contributed by atoms with E-state index in [0.29, 0.717) is 18.6 Å². The Morgan fingerprint density at radius 1 is 1.25 bits per heavy atom. The molecule has 0 aliphatic carbocycles. The standard InChI is InChI=1S/C16H21BrO3/c1-4-10-20-15(19)16(17,11-12(2)3)14(18)13-8-6-5-7-9-13/h5-9,12H,4,10-11H2,1-3H3. The first-order valence-corrected chi connectivity index (χ1v) is 7.67. The summed E-state index contributed by atoms with van der Waals surface area (Å²) >= 11 is 3.36. The topological polar surface area (TPSA) is 43.4 Å². The molecule has 1 aromatic carbocycles. The molecule has 20 heavy (non-hydrogen) atoms. The van der Waals surface area contributed by atoms with Gasteiger partial charge in [-0.05, 0) is 18.8 Å². The van der Waals surface area contributed by atoms with Crippen LogP contribution >= 0.6 is 15.9 Å². The summed E-state index contributed by atoms with van der Waals surface area (Å²) in [6.07, 6.45) is 1.14. The number of Topliss-reactive ketones (excluding diaryl/α,β-unsaturated/α-hetero) is 1. The van der Waals surface area contributed by atoms with E-state index >= 15 is 0 Å². The maximum Gasteiger partial charge on any atom is 0.330 e. The van der Waals surface area contributed by atoms with Gasteiger partial charge in [-0.2, -0.15) is 0 Å². The van der Waals surface area contributed by atoms with Gasteiger partial charge in [0.05, 0.1) is 6.61 Å². The van der Waals surface area contributed by atoms with Crippen molar-refractivity contribution < 1.29 is 14.3 Å². The summed E-state index contributed by atoms with van der Waals surface area (Å²) in [5.74, 6) is -0.550. The molecule has 0 aromatic heterocycles. The van der Waals surface area contributed by atoms with E-state index in [1.165, 1.54) is 0 Å². The third-order valence-corrected chi connectivity index (χ3v) is 3.85. The normalized spacial score (nSPS) is 13.8. The van der Waals surface area contributed by atoms with Crippen molar-refractivity contribution in [3.05, 3.63) is 35.9 Å². The minimum atomic E-state index is -1.29. The average Bonchev–Trinajstić information content (AvgIpc) is 2.43. The number of carbonyl (C=O) groups is 2. The van der Waals surface area contributed by atoms with Gasteiger partial charge in [0.1, 0.15) is 0 Å². The summed E-state index contributed by atoms with van der Waals surface area (Å²) in [4.78, 5) is 24.9. The average molecular weight is 341 g/mol. The first kappa shape index (κ1) is 16.9. The minimum absolute atomic E-state index is 0.191. The SMILES string of the molecule is CCCOC(=O)C(Br)(CC(C)C)C(=O)c1ccccc1. The number of benzene rings is 1. The summed E-state index contributed by atoms with van der Waals surface area (Å²) in [6, 6.07) is 8.84. The van der Waals surface area contributed by atoms with Crippen LogP contribution in [-0.4, -0.2) is 22.7 Å². The smallest absolute Gasteiger partial charge is 0.330 e. The van der Waals surface area contributed by atoms with Crippen LogP contribution in [0.5, 0.6) is 0 Å². The van der Waals surface area contributed by atoms with E-state index in [1.54, 1.807) is 24.3 Å². The molecular weight excluding hydrogens is 320 g/mol. The fourth-order valence-electron chi connectivity index (χ4n) is 1.96. The summed E-state index contributed by atoms with van der Waals surface area (Å²) < 4.78 is 3.90. The van der Waals surface area contributed by atoms with E-state index in [4.69, 9.17) is 4.74 Å². The second-order valence-corrected chi connectivity index (χ2v) is 6.58. The molecule has 0 saturated heterocycles. The molecule has 4 heteroatoms. The lowest BCUT2D eigenvalue weighted by Crippen LogP contribution is -2.43. The number of ketones is 1. The van der Waals surface area contributed by atoms with Crippen LogP contribution in [-0.2, 0) is 9.53 Å². The van der Waals surface area contributed by atoms with Crippen LogP contribution in [0.15, 0.2) is 30.3 Å². The number of esters is 1. The zero-order valence-corrected chi connectivity index (χ0v) is 13.8. The molecule has 110 valence electrons. The molecule has 1 aromatic rings. The van der Waals surface area contributed by atoms with Gasteiger partial charge in [0.2, 0.25) is 0 Å². The molecule has 0 aliphatic rings. The molecule has 0 fully saturated rings. The van der Waals surface area contributed by atoms with Crippen molar-refractivity contribution in [3.63, 3.8) is 0 Å². The van der Waals surface area contributed by atoms with Gasteiger partial charge in [0.25, 0.3) is 0 Å². The first-order valence-electron chi connectivity index (χ1n) is 6.87. The van der Waals surface area contributed by atoms with Gasteiger partial charge < -0.3 is 4.74 Å². The van der Waals surface area contributed by atoms with Crippen molar-refractivity contribution in [2.24, 2.45) is 5.92 Å². The second-order valence-electron chi connectivity index (χ2n) is 5.23. The summed E-state index contributed by atoms with van der Waals surface area (Å²) in [7, 11) is 0. The van der Waals surface area contributed by atoms with Crippen LogP contribution in [0.2, 0.25) is 0 Å². The lowest BCUT2D eigenvalue weighted by molar-refractivity contribution is -0.145. The number of carbonyl (C=O) groups excluding carboxylic acids is 2. The molecule has 0 saturated carbocycles. The zero-order valence-electron chi connectivity index (χ0n) is 12.2. The highest BCUT2D eigenvalue weighted by Gasteiger charge is 2.45. The maximum atomic E-state index is 12.7. The molecular formula is C16H21BrO3. The second kappa shape index (κ2) is 7.58. The van der Waals surface area contributed by atoms with E-state index < -0.39 is 10.3 Å². The molecule has 3 nitrogen and oxygen atoms in total. The Morgan fingerprint density at radius 2 is 1.85 bits per heavy atom. The first-order chi connectivity index (χ1) is 9.41. The Hall–Kier alpha value is -1.16. The van der Waals surface area contributed by atoms with Crippen LogP contribution in [0.1, 0.15) is 44.0 Å². The third-order valence-electron chi connectivity index (χ3n) is 2.85. The van der Waals surface area contributed by atoms with Crippen LogP contribution in [0.25, 0.3) is 0 Å². The lowest BCUT2D eigenvalue weighted by Gasteiger charge is -2.25. The van der Waals surface area contributed by atoms with Gasteiger partial charge in [-0.3, -0.25) is 9.59 Å². The minimum Gasteiger partial charge on any atom is -0.464 e. The molecule has 0 amide bonds. The monoisotopic (exact) mass is 340 g/mol. The Labute approximate surface area is 128 Å². The predicted octanol–water partition coefficient (Wildman–Crippen LogP) is 4.00. The fraction of sp³-hybridized carbons (Fsp3) is 0.500. The fourth-order valence-corrected chi connectivity index (χ4v) is 2.95.